The Morgan fingerprint density at radius 1 is 1.17 bits per heavy atom. The molecule has 4 nitrogen and oxygen atoms in total. The largest absolute Gasteiger partial charge is 0.358 e. The average Bonchev–Trinajstić information content (AvgIpc) is 2.56. The highest BCUT2D eigenvalue weighted by molar-refractivity contribution is 7.80. The smallest absolute Gasteiger partial charge is 0.262 e. The number of carbonyl (C=O) groups is 1. The van der Waals surface area contributed by atoms with Crippen molar-refractivity contribution in [3.63, 3.8) is 0 Å². The lowest BCUT2D eigenvalue weighted by atomic mass is 9.78. The zero-order chi connectivity index (χ0) is 16.7. The van der Waals surface area contributed by atoms with E-state index in [1.165, 1.54) is 18.9 Å². The second kappa shape index (κ2) is 8.67. The molecule has 0 aromatic heterocycles. The van der Waals surface area contributed by atoms with E-state index >= 15 is 0 Å². The molecule has 5 heteroatoms. The number of rotatable bonds is 3. The van der Waals surface area contributed by atoms with Gasteiger partial charge >= 0.3 is 0 Å². The minimum absolute atomic E-state index is 0.233. The monoisotopic (exact) mass is 331 g/mol. The highest BCUT2D eigenvalue weighted by Crippen LogP contribution is 2.29. The molecule has 1 amide bonds. The maximum atomic E-state index is 11.8. The van der Waals surface area contributed by atoms with Crippen LogP contribution in [0.15, 0.2) is 36.4 Å². The van der Waals surface area contributed by atoms with Crippen LogP contribution in [0.4, 0.5) is 0 Å². The van der Waals surface area contributed by atoms with Crippen LogP contribution < -0.4 is 16.2 Å². The Morgan fingerprint density at radius 3 is 2.65 bits per heavy atom. The van der Waals surface area contributed by atoms with E-state index in [0.717, 1.165) is 12.0 Å². The molecule has 124 valence electrons. The molecule has 1 aromatic carbocycles. The summed E-state index contributed by atoms with van der Waals surface area (Å²) in [6, 6.07) is 10.1. The molecule has 0 spiro atoms. The Hall–Kier alpha value is -1.88. The molecule has 2 rings (SSSR count). The Morgan fingerprint density at radius 2 is 1.91 bits per heavy atom. The number of hydrogen-bond acceptors (Lipinski definition) is 2. The molecule has 23 heavy (non-hydrogen) atoms. The second-order valence-electron chi connectivity index (χ2n) is 6.21. The van der Waals surface area contributed by atoms with Gasteiger partial charge in [-0.3, -0.25) is 15.6 Å². The minimum Gasteiger partial charge on any atom is -0.358 e. The molecule has 3 N–H and O–H groups in total. The zero-order valence-electron chi connectivity index (χ0n) is 13.7. The summed E-state index contributed by atoms with van der Waals surface area (Å²) in [5, 5.41) is 3.78. The van der Waals surface area contributed by atoms with Crippen LogP contribution in [0.5, 0.6) is 0 Å². The highest BCUT2D eigenvalue weighted by atomic mass is 32.1. The summed E-state index contributed by atoms with van der Waals surface area (Å²) in [6.45, 7) is 4.54. The molecule has 1 saturated carbocycles. The topological polar surface area (TPSA) is 53.2 Å². The van der Waals surface area contributed by atoms with Gasteiger partial charge in [0.1, 0.15) is 0 Å². The van der Waals surface area contributed by atoms with E-state index in [0.29, 0.717) is 23.0 Å². The van der Waals surface area contributed by atoms with Crippen molar-refractivity contribution in [1.82, 2.24) is 16.2 Å². The van der Waals surface area contributed by atoms with Crippen LogP contribution in [-0.4, -0.2) is 17.1 Å². The van der Waals surface area contributed by atoms with Crippen LogP contribution in [0.3, 0.4) is 0 Å². The lowest BCUT2D eigenvalue weighted by molar-refractivity contribution is -0.116. The van der Waals surface area contributed by atoms with Crippen molar-refractivity contribution in [3.05, 3.63) is 42.0 Å². The van der Waals surface area contributed by atoms with E-state index < -0.39 is 0 Å². The molecule has 0 saturated heterocycles. The number of amides is 1. The highest BCUT2D eigenvalue weighted by Gasteiger charge is 2.27. The van der Waals surface area contributed by atoms with Crippen LogP contribution in [-0.2, 0) is 4.79 Å². The molecule has 0 radical (unpaired) electrons. The number of hydrazine groups is 1. The van der Waals surface area contributed by atoms with Crippen LogP contribution in [0, 0.1) is 11.8 Å². The van der Waals surface area contributed by atoms with Crippen LogP contribution >= 0.6 is 12.2 Å². The van der Waals surface area contributed by atoms with Gasteiger partial charge in [-0.25, -0.2) is 0 Å². The van der Waals surface area contributed by atoms with Crippen molar-refractivity contribution in [1.29, 1.82) is 0 Å². The Balaban J connectivity index is 1.73. The third kappa shape index (κ3) is 5.67. The fourth-order valence-corrected chi connectivity index (χ4v) is 3.09. The maximum Gasteiger partial charge on any atom is 0.262 e. The van der Waals surface area contributed by atoms with Crippen molar-refractivity contribution in [2.45, 2.75) is 39.2 Å². The van der Waals surface area contributed by atoms with Crippen molar-refractivity contribution in [2.24, 2.45) is 11.8 Å². The summed E-state index contributed by atoms with van der Waals surface area (Å²) in [7, 11) is 0. The predicted molar refractivity (Wildman–Crippen MR) is 98.5 cm³/mol. The number of thiocarbonyl (C=S) groups is 1. The zero-order valence-corrected chi connectivity index (χ0v) is 14.5. The van der Waals surface area contributed by atoms with Gasteiger partial charge in [0.2, 0.25) is 0 Å². The molecule has 1 aliphatic rings. The first-order valence-electron chi connectivity index (χ1n) is 8.16. The standard InChI is InChI=1S/C18H25N3OS/c1-13-7-6-10-16(14(13)2)19-18(23)21-20-17(22)12-11-15-8-4-3-5-9-15/h3-5,8-9,11-14,16H,6-7,10H2,1-2H3,(H,20,22)(H2,19,21,23)/b12-11+/t13-,14-,16-/m1/s1. The summed E-state index contributed by atoms with van der Waals surface area (Å²) in [4.78, 5) is 11.8. The van der Waals surface area contributed by atoms with Gasteiger partial charge in [0.25, 0.3) is 5.91 Å². The van der Waals surface area contributed by atoms with Gasteiger partial charge in [-0.2, -0.15) is 0 Å². The van der Waals surface area contributed by atoms with Gasteiger partial charge in [0.15, 0.2) is 5.11 Å². The first kappa shape index (κ1) is 17.5. The third-order valence-corrected chi connectivity index (χ3v) is 4.77. The molecule has 0 heterocycles. The van der Waals surface area contributed by atoms with Crippen LogP contribution in [0.25, 0.3) is 6.08 Å². The van der Waals surface area contributed by atoms with E-state index in [4.69, 9.17) is 12.2 Å². The molecule has 1 aromatic rings. The predicted octanol–water partition coefficient (Wildman–Crippen LogP) is 3.02. The van der Waals surface area contributed by atoms with E-state index in [1.807, 2.05) is 30.3 Å². The van der Waals surface area contributed by atoms with Crippen molar-refractivity contribution in [3.8, 4) is 0 Å². The van der Waals surface area contributed by atoms with Gasteiger partial charge in [-0.15, -0.1) is 0 Å². The van der Waals surface area contributed by atoms with E-state index in [2.05, 4.69) is 30.0 Å². The first-order valence-corrected chi connectivity index (χ1v) is 8.56. The summed E-state index contributed by atoms with van der Waals surface area (Å²) in [6.07, 6.45) is 6.86. The summed E-state index contributed by atoms with van der Waals surface area (Å²) < 4.78 is 0. The van der Waals surface area contributed by atoms with Crippen LogP contribution in [0.2, 0.25) is 0 Å². The van der Waals surface area contributed by atoms with Crippen molar-refractivity contribution < 1.29 is 4.79 Å². The minimum atomic E-state index is -0.233. The Labute approximate surface area is 143 Å². The van der Waals surface area contributed by atoms with Gasteiger partial charge in [-0.1, -0.05) is 57.0 Å². The molecular formula is C18H25N3OS. The Kier molecular flexibility index (Phi) is 6.59. The molecule has 1 aliphatic carbocycles. The van der Waals surface area contributed by atoms with E-state index in [-0.39, 0.29) is 5.91 Å². The number of hydrogen-bond donors (Lipinski definition) is 3. The first-order chi connectivity index (χ1) is 11.1. The molecule has 0 bridgehead atoms. The number of carbonyl (C=O) groups excluding carboxylic acids is 1. The summed E-state index contributed by atoms with van der Waals surface area (Å²) >= 11 is 5.26. The maximum absolute atomic E-state index is 11.8. The van der Waals surface area contributed by atoms with Crippen LogP contribution in [0.1, 0.15) is 38.7 Å². The SMILES string of the molecule is C[C@@H]1[C@H](C)CCC[C@H]1NC(=S)NNC(=O)/C=C/c1ccccc1. The Bertz CT molecular complexity index is 559. The fraction of sp³-hybridized carbons (Fsp3) is 0.444. The normalized spacial score (nSPS) is 24.2. The van der Waals surface area contributed by atoms with Crippen molar-refractivity contribution in [2.75, 3.05) is 0 Å². The number of benzene rings is 1. The number of nitrogens with one attached hydrogen (secondary N) is 3. The van der Waals surface area contributed by atoms with Gasteiger partial charge in [0.05, 0.1) is 0 Å². The fourth-order valence-electron chi connectivity index (χ4n) is 2.89. The van der Waals surface area contributed by atoms with E-state index in [9.17, 15) is 4.79 Å². The van der Waals surface area contributed by atoms with Gasteiger partial charge in [-0.05, 0) is 42.1 Å². The molecule has 3 atom stereocenters. The average molecular weight is 331 g/mol. The van der Waals surface area contributed by atoms with Crippen molar-refractivity contribution >= 4 is 29.3 Å². The quantitative estimate of drug-likeness (QED) is 0.453. The molecular weight excluding hydrogens is 306 g/mol. The second-order valence-corrected chi connectivity index (χ2v) is 6.61. The lowest BCUT2D eigenvalue weighted by Crippen LogP contribution is -2.52. The summed E-state index contributed by atoms with van der Waals surface area (Å²) in [5.74, 6) is 1.05. The summed E-state index contributed by atoms with van der Waals surface area (Å²) in [5.41, 5.74) is 6.34. The third-order valence-electron chi connectivity index (χ3n) is 4.55. The molecule has 1 fully saturated rings. The van der Waals surface area contributed by atoms with Gasteiger partial charge in [0, 0.05) is 12.1 Å². The van der Waals surface area contributed by atoms with E-state index in [1.54, 1.807) is 6.08 Å². The molecule has 0 unspecified atom stereocenters. The van der Waals surface area contributed by atoms with Gasteiger partial charge < -0.3 is 5.32 Å². The lowest BCUT2D eigenvalue weighted by Gasteiger charge is -2.35. The molecule has 0 aliphatic heterocycles.